The maximum atomic E-state index is 11.5. The standard InChI is InChI=1S/C14H20N4O3/c1-20-14(19)18-7-5-17(6-8-18)12-3-2-11-10-15-4-9-21-13(11)16-12/h2-3,15H,4-10H2,1H3. The molecule has 3 rings (SSSR count). The number of hydrogen-bond acceptors (Lipinski definition) is 6. The molecule has 3 heterocycles. The van der Waals surface area contributed by atoms with Crippen LogP contribution in [0.1, 0.15) is 5.56 Å². The molecule has 1 aromatic rings. The molecule has 0 spiro atoms. The topological polar surface area (TPSA) is 66.9 Å². The molecule has 114 valence electrons. The summed E-state index contributed by atoms with van der Waals surface area (Å²) >= 11 is 0. The lowest BCUT2D eigenvalue weighted by atomic mass is 10.2. The van der Waals surface area contributed by atoms with Gasteiger partial charge >= 0.3 is 6.09 Å². The number of nitrogens with zero attached hydrogens (tertiary/aromatic N) is 3. The van der Waals surface area contributed by atoms with Gasteiger partial charge in [-0.2, -0.15) is 4.98 Å². The average molecular weight is 292 g/mol. The highest BCUT2D eigenvalue weighted by molar-refractivity contribution is 5.67. The van der Waals surface area contributed by atoms with E-state index in [1.165, 1.54) is 7.11 Å². The van der Waals surface area contributed by atoms with Crippen LogP contribution in [0.25, 0.3) is 0 Å². The number of ether oxygens (including phenoxy) is 2. The van der Waals surface area contributed by atoms with Crippen LogP contribution < -0.4 is 15.0 Å². The van der Waals surface area contributed by atoms with Crippen molar-refractivity contribution in [3.05, 3.63) is 17.7 Å². The monoisotopic (exact) mass is 292 g/mol. The van der Waals surface area contributed by atoms with Crippen molar-refractivity contribution >= 4 is 11.9 Å². The highest BCUT2D eigenvalue weighted by Crippen LogP contribution is 2.23. The lowest BCUT2D eigenvalue weighted by Crippen LogP contribution is -2.49. The Kier molecular flexibility index (Phi) is 4.10. The maximum absolute atomic E-state index is 11.5. The van der Waals surface area contributed by atoms with Crippen LogP contribution in [-0.4, -0.2) is 62.4 Å². The zero-order chi connectivity index (χ0) is 14.7. The molecule has 2 aliphatic heterocycles. The van der Waals surface area contributed by atoms with Gasteiger partial charge in [0.2, 0.25) is 5.88 Å². The Bertz CT molecular complexity index is 515. The number of nitrogens with one attached hydrogen (secondary N) is 1. The summed E-state index contributed by atoms with van der Waals surface area (Å²) in [5.74, 6) is 1.62. The fourth-order valence-corrected chi connectivity index (χ4v) is 2.59. The van der Waals surface area contributed by atoms with Crippen molar-refractivity contribution < 1.29 is 14.3 Å². The number of methoxy groups -OCH3 is 1. The fourth-order valence-electron chi connectivity index (χ4n) is 2.59. The first-order valence-electron chi connectivity index (χ1n) is 7.19. The van der Waals surface area contributed by atoms with Crippen molar-refractivity contribution in [1.29, 1.82) is 0 Å². The number of anilines is 1. The number of carbonyl (C=O) groups is 1. The molecule has 1 N–H and O–H groups in total. The zero-order valence-corrected chi connectivity index (χ0v) is 12.2. The molecule has 0 bridgehead atoms. The SMILES string of the molecule is COC(=O)N1CCN(c2ccc3c(n2)OCCNC3)CC1. The van der Waals surface area contributed by atoms with Gasteiger partial charge in [-0.15, -0.1) is 0 Å². The minimum absolute atomic E-state index is 0.265. The summed E-state index contributed by atoms with van der Waals surface area (Å²) in [6.07, 6.45) is -0.265. The maximum Gasteiger partial charge on any atom is 0.409 e. The Morgan fingerprint density at radius 2 is 2.14 bits per heavy atom. The molecule has 7 heteroatoms. The number of fused-ring (bicyclic) bond motifs is 1. The lowest BCUT2D eigenvalue weighted by molar-refractivity contribution is 0.121. The van der Waals surface area contributed by atoms with Crippen molar-refractivity contribution in [3.63, 3.8) is 0 Å². The molecule has 7 nitrogen and oxygen atoms in total. The number of amides is 1. The molecular weight excluding hydrogens is 272 g/mol. The van der Waals surface area contributed by atoms with E-state index in [1.54, 1.807) is 4.90 Å². The van der Waals surface area contributed by atoms with E-state index in [9.17, 15) is 4.79 Å². The van der Waals surface area contributed by atoms with Gasteiger partial charge in [0.1, 0.15) is 12.4 Å². The third-order valence-corrected chi connectivity index (χ3v) is 3.79. The van der Waals surface area contributed by atoms with Gasteiger partial charge in [0.15, 0.2) is 0 Å². The van der Waals surface area contributed by atoms with Crippen LogP contribution in [0, 0.1) is 0 Å². The van der Waals surface area contributed by atoms with Gasteiger partial charge in [0.05, 0.1) is 7.11 Å². The fraction of sp³-hybridized carbons (Fsp3) is 0.571. The van der Waals surface area contributed by atoms with E-state index in [-0.39, 0.29) is 6.09 Å². The Labute approximate surface area is 123 Å². The van der Waals surface area contributed by atoms with E-state index in [0.29, 0.717) is 25.6 Å². The van der Waals surface area contributed by atoms with Crippen LogP contribution in [0.5, 0.6) is 5.88 Å². The summed E-state index contributed by atoms with van der Waals surface area (Å²) in [7, 11) is 1.41. The van der Waals surface area contributed by atoms with Crippen molar-refractivity contribution in [2.75, 3.05) is 51.3 Å². The molecule has 0 unspecified atom stereocenters. The molecule has 2 aliphatic rings. The third-order valence-electron chi connectivity index (χ3n) is 3.79. The van der Waals surface area contributed by atoms with Gasteiger partial charge in [-0.05, 0) is 12.1 Å². The van der Waals surface area contributed by atoms with E-state index in [2.05, 4.69) is 21.3 Å². The van der Waals surface area contributed by atoms with Crippen LogP contribution in [0.4, 0.5) is 10.6 Å². The summed E-state index contributed by atoms with van der Waals surface area (Å²) in [6, 6.07) is 4.08. The van der Waals surface area contributed by atoms with Crippen molar-refractivity contribution in [2.45, 2.75) is 6.54 Å². The number of hydrogen-bond donors (Lipinski definition) is 1. The quantitative estimate of drug-likeness (QED) is 0.811. The first-order chi connectivity index (χ1) is 10.3. The summed E-state index contributed by atoms with van der Waals surface area (Å²) in [6.45, 7) is 5.06. The molecule has 1 fully saturated rings. The molecule has 0 radical (unpaired) electrons. The summed E-state index contributed by atoms with van der Waals surface area (Å²) in [5.41, 5.74) is 1.09. The highest BCUT2D eigenvalue weighted by Gasteiger charge is 2.23. The first-order valence-corrected chi connectivity index (χ1v) is 7.19. The first kappa shape index (κ1) is 13.9. The predicted molar refractivity (Wildman–Crippen MR) is 77.6 cm³/mol. The zero-order valence-electron chi connectivity index (χ0n) is 12.2. The Morgan fingerprint density at radius 1 is 1.33 bits per heavy atom. The largest absolute Gasteiger partial charge is 0.476 e. The van der Waals surface area contributed by atoms with Crippen LogP contribution >= 0.6 is 0 Å². The third kappa shape index (κ3) is 3.02. The minimum atomic E-state index is -0.265. The second-order valence-electron chi connectivity index (χ2n) is 5.10. The van der Waals surface area contributed by atoms with Crippen LogP contribution in [0.2, 0.25) is 0 Å². The Hall–Kier alpha value is -2.02. The molecule has 21 heavy (non-hydrogen) atoms. The van der Waals surface area contributed by atoms with Gasteiger partial charge in [0, 0.05) is 44.8 Å². The predicted octanol–water partition coefficient (Wildman–Crippen LogP) is 0.452. The van der Waals surface area contributed by atoms with Gasteiger partial charge in [-0.25, -0.2) is 4.79 Å². The smallest absolute Gasteiger partial charge is 0.409 e. The van der Waals surface area contributed by atoms with Gasteiger partial charge in [-0.1, -0.05) is 0 Å². The number of carbonyl (C=O) groups excluding carboxylic acids is 1. The Morgan fingerprint density at radius 3 is 2.90 bits per heavy atom. The summed E-state index contributed by atoms with van der Waals surface area (Å²) in [5, 5.41) is 3.29. The highest BCUT2D eigenvalue weighted by atomic mass is 16.5. The molecule has 1 amide bonds. The second kappa shape index (κ2) is 6.17. The van der Waals surface area contributed by atoms with E-state index < -0.39 is 0 Å². The van der Waals surface area contributed by atoms with Gasteiger partial charge in [-0.3, -0.25) is 0 Å². The molecular formula is C14H20N4O3. The molecule has 1 saturated heterocycles. The van der Waals surface area contributed by atoms with E-state index in [1.807, 2.05) is 6.07 Å². The number of pyridine rings is 1. The van der Waals surface area contributed by atoms with E-state index in [4.69, 9.17) is 9.47 Å². The number of piperazine rings is 1. The average Bonchev–Trinajstić information content (AvgIpc) is 2.79. The van der Waals surface area contributed by atoms with Crippen molar-refractivity contribution in [3.8, 4) is 5.88 Å². The van der Waals surface area contributed by atoms with Crippen molar-refractivity contribution in [2.24, 2.45) is 0 Å². The van der Waals surface area contributed by atoms with Gasteiger partial charge in [0.25, 0.3) is 0 Å². The molecule has 0 aliphatic carbocycles. The van der Waals surface area contributed by atoms with Crippen LogP contribution in [-0.2, 0) is 11.3 Å². The molecule has 0 saturated carbocycles. The number of rotatable bonds is 1. The lowest BCUT2D eigenvalue weighted by Gasteiger charge is -2.34. The van der Waals surface area contributed by atoms with Crippen LogP contribution in [0.15, 0.2) is 12.1 Å². The number of aromatic nitrogens is 1. The Balaban J connectivity index is 1.68. The summed E-state index contributed by atoms with van der Waals surface area (Å²) in [4.78, 5) is 20.0. The molecule has 1 aromatic heterocycles. The minimum Gasteiger partial charge on any atom is -0.476 e. The van der Waals surface area contributed by atoms with E-state index in [0.717, 1.165) is 37.6 Å². The van der Waals surface area contributed by atoms with Gasteiger partial charge < -0.3 is 24.6 Å². The molecule has 0 aromatic carbocycles. The normalized spacial score (nSPS) is 18.5. The second-order valence-corrected chi connectivity index (χ2v) is 5.10. The van der Waals surface area contributed by atoms with E-state index >= 15 is 0 Å². The molecule has 0 atom stereocenters. The van der Waals surface area contributed by atoms with Crippen LogP contribution in [0.3, 0.4) is 0 Å². The van der Waals surface area contributed by atoms with Crippen molar-refractivity contribution in [1.82, 2.24) is 15.2 Å². The summed E-state index contributed by atoms with van der Waals surface area (Å²) < 4.78 is 10.4.